The van der Waals surface area contributed by atoms with E-state index >= 15 is 0 Å². The number of fused-ring (bicyclic) bond motifs is 1. The lowest BCUT2D eigenvalue weighted by molar-refractivity contribution is -0.926. The molecule has 5 heteroatoms. The minimum atomic E-state index is -0.144. The van der Waals surface area contributed by atoms with Crippen molar-refractivity contribution in [1.82, 2.24) is 9.97 Å². The molecule has 4 nitrogen and oxygen atoms in total. The number of hydrogen-bond donors (Lipinski definition) is 2. The van der Waals surface area contributed by atoms with E-state index in [1.54, 1.807) is 12.1 Å². The van der Waals surface area contributed by atoms with Gasteiger partial charge in [0.1, 0.15) is 11.5 Å². The Kier molecular flexibility index (Phi) is 4.97. The third-order valence-corrected chi connectivity index (χ3v) is 6.22. The summed E-state index contributed by atoms with van der Waals surface area (Å²) in [5.74, 6) is -0.144. The molecule has 1 atom stereocenters. The van der Waals surface area contributed by atoms with Crippen molar-refractivity contribution in [2.45, 2.75) is 13.0 Å². The smallest absolute Gasteiger partial charge is 0.158 e. The number of H-pyrrole nitrogens is 1. The first kappa shape index (κ1) is 18.8. The summed E-state index contributed by atoms with van der Waals surface area (Å²) in [7, 11) is 0. The maximum Gasteiger partial charge on any atom is 0.158 e. The summed E-state index contributed by atoms with van der Waals surface area (Å²) >= 11 is 0. The monoisotopic (exact) mass is 401 g/mol. The van der Waals surface area contributed by atoms with E-state index in [1.165, 1.54) is 21.5 Å². The van der Waals surface area contributed by atoms with Gasteiger partial charge in [-0.05, 0) is 37.3 Å². The zero-order valence-corrected chi connectivity index (χ0v) is 17.1. The van der Waals surface area contributed by atoms with Crippen LogP contribution in [-0.2, 0) is 0 Å². The van der Waals surface area contributed by atoms with Gasteiger partial charge in [-0.1, -0.05) is 36.4 Å². The molecule has 1 saturated heterocycles. The summed E-state index contributed by atoms with van der Waals surface area (Å²) in [6, 6.07) is 21.9. The zero-order chi connectivity index (χ0) is 20.5. The van der Waals surface area contributed by atoms with Crippen molar-refractivity contribution in [2.75, 3.05) is 31.1 Å². The highest BCUT2D eigenvalue weighted by Crippen LogP contribution is 2.30. The Balaban J connectivity index is 1.50. The van der Waals surface area contributed by atoms with Crippen molar-refractivity contribution in [3.05, 3.63) is 95.7 Å². The molecule has 2 aromatic heterocycles. The van der Waals surface area contributed by atoms with Crippen molar-refractivity contribution in [1.29, 1.82) is 0 Å². The molecule has 0 radical (unpaired) electrons. The summed E-state index contributed by atoms with van der Waals surface area (Å²) in [5.41, 5.74) is 5.46. The predicted octanol–water partition coefficient (Wildman–Crippen LogP) is 3.50. The molecule has 0 aliphatic carbocycles. The number of pyridine rings is 1. The second-order valence-electron chi connectivity index (χ2n) is 7.99. The number of nitrogens with one attached hydrogen (secondary N) is 2. The highest BCUT2D eigenvalue weighted by atomic mass is 19.1. The van der Waals surface area contributed by atoms with Gasteiger partial charge >= 0.3 is 0 Å². The second kappa shape index (κ2) is 7.92. The minimum Gasteiger partial charge on any atom is -0.358 e. The molecule has 1 aliphatic rings. The van der Waals surface area contributed by atoms with Crippen molar-refractivity contribution in [2.24, 2.45) is 0 Å². The van der Waals surface area contributed by atoms with E-state index in [1.807, 2.05) is 24.4 Å². The fraction of sp³-hybridized carbons (Fsp3) is 0.240. The summed E-state index contributed by atoms with van der Waals surface area (Å²) < 4.78 is 14.3. The van der Waals surface area contributed by atoms with Crippen LogP contribution in [0.15, 0.2) is 72.9 Å². The van der Waals surface area contributed by atoms with Crippen LogP contribution in [0.25, 0.3) is 10.9 Å². The molecule has 1 aliphatic heterocycles. The van der Waals surface area contributed by atoms with Crippen molar-refractivity contribution in [3.8, 4) is 0 Å². The fourth-order valence-corrected chi connectivity index (χ4v) is 4.81. The Morgan fingerprint density at radius 2 is 1.70 bits per heavy atom. The van der Waals surface area contributed by atoms with Crippen molar-refractivity contribution < 1.29 is 9.29 Å². The van der Waals surface area contributed by atoms with Crippen LogP contribution in [0.2, 0.25) is 0 Å². The predicted molar refractivity (Wildman–Crippen MR) is 118 cm³/mol. The topological polar surface area (TPSA) is 36.4 Å². The molecule has 0 unspecified atom stereocenters. The number of anilines is 1. The Bertz CT molecular complexity index is 1150. The van der Waals surface area contributed by atoms with Gasteiger partial charge in [0, 0.05) is 28.4 Å². The third kappa shape index (κ3) is 3.35. The molecule has 1 fully saturated rings. The van der Waals surface area contributed by atoms with Crippen LogP contribution >= 0.6 is 0 Å². The van der Waals surface area contributed by atoms with Gasteiger partial charge in [0.15, 0.2) is 6.04 Å². The van der Waals surface area contributed by atoms with Crippen LogP contribution in [0.4, 0.5) is 10.1 Å². The molecule has 2 N–H and O–H groups in total. The maximum absolute atomic E-state index is 14.3. The molecular weight excluding hydrogens is 375 g/mol. The molecule has 0 saturated carbocycles. The minimum absolute atomic E-state index is 0.144. The molecule has 0 amide bonds. The normalized spacial score (nSPS) is 16.1. The lowest BCUT2D eigenvalue weighted by atomic mass is 9.97. The van der Waals surface area contributed by atoms with Gasteiger partial charge in [0.05, 0.1) is 31.9 Å². The number of benzene rings is 2. The van der Waals surface area contributed by atoms with Crippen LogP contribution in [0.1, 0.15) is 23.0 Å². The van der Waals surface area contributed by atoms with Crippen molar-refractivity contribution >= 4 is 16.6 Å². The number of quaternary nitrogens is 1. The SMILES string of the molecule is Cc1[nH]c2ccccc2c1[C@H](c1ccccn1)[NH+]1CCN(c2ccccc2F)CC1. The van der Waals surface area contributed by atoms with Crippen LogP contribution in [0.5, 0.6) is 0 Å². The van der Waals surface area contributed by atoms with Crippen LogP contribution in [0.3, 0.4) is 0 Å². The van der Waals surface area contributed by atoms with Gasteiger partial charge in [-0.25, -0.2) is 4.39 Å². The Hall–Kier alpha value is -3.18. The molecule has 5 rings (SSSR count). The van der Waals surface area contributed by atoms with Crippen molar-refractivity contribution in [3.63, 3.8) is 0 Å². The lowest BCUT2D eigenvalue weighted by Gasteiger charge is -2.37. The number of aromatic nitrogens is 2. The fourth-order valence-electron chi connectivity index (χ4n) is 4.81. The number of rotatable bonds is 4. The third-order valence-electron chi connectivity index (χ3n) is 6.22. The maximum atomic E-state index is 14.3. The standard InChI is InChI=1S/C25H25FN4/c1-18-24(19-8-2-4-10-21(19)28-18)25(22-11-6-7-13-27-22)30-16-14-29(15-17-30)23-12-5-3-9-20(23)26/h2-13,25,28H,14-17H2,1H3/p+1/t25-/m0/s1. The van der Waals surface area contributed by atoms with Gasteiger partial charge < -0.3 is 14.8 Å². The van der Waals surface area contributed by atoms with E-state index in [9.17, 15) is 4.39 Å². The van der Waals surface area contributed by atoms with Gasteiger partial charge in [-0.3, -0.25) is 4.98 Å². The van der Waals surface area contributed by atoms with Gasteiger partial charge in [0.25, 0.3) is 0 Å². The highest BCUT2D eigenvalue weighted by molar-refractivity contribution is 5.85. The zero-order valence-electron chi connectivity index (χ0n) is 17.1. The average Bonchev–Trinajstić information content (AvgIpc) is 3.11. The molecule has 30 heavy (non-hydrogen) atoms. The summed E-state index contributed by atoms with van der Waals surface area (Å²) in [6.45, 7) is 5.64. The summed E-state index contributed by atoms with van der Waals surface area (Å²) in [4.78, 5) is 11.9. The number of halogens is 1. The number of aromatic amines is 1. The van der Waals surface area contributed by atoms with Gasteiger partial charge in [-0.15, -0.1) is 0 Å². The number of aryl methyl sites for hydroxylation is 1. The summed E-state index contributed by atoms with van der Waals surface area (Å²) in [5, 5.41) is 1.26. The Morgan fingerprint density at radius 3 is 2.47 bits per heavy atom. The quantitative estimate of drug-likeness (QED) is 0.549. The largest absolute Gasteiger partial charge is 0.358 e. The lowest BCUT2D eigenvalue weighted by Crippen LogP contribution is -3.15. The average molecular weight is 402 g/mol. The van der Waals surface area contributed by atoms with E-state index in [-0.39, 0.29) is 11.9 Å². The van der Waals surface area contributed by atoms with E-state index < -0.39 is 0 Å². The second-order valence-corrected chi connectivity index (χ2v) is 7.99. The molecule has 0 bridgehead atoms. The molecule has 2 aromatic carbocycles. The number of nitrogens with zero attached hydrogens (tertiary/aromatic N) is 2. The Morgan fingerprint density at radius 1 is 0.967 bits per heavy atom. The van der Waals surface area contributed by atoms with Gasteiger partial charge in [0.2, 0.25) is 0 Å². The first-order valence-corrected chi connectivity index (χ1v) is 10.5. The van der Waals surface area contributed by atoms with E-state index in [4.69, 9.17) is 4.98 Å². The number of piperazine rings is 1. The Labute approximate surface area is 176 Å². The van der Waals surface area contributed by atoms with Crippen LogP contribution in [-0.4, -0.2) is 36.1 Å². The highest BCUT2D eigenvalue weighted by Gasteiger charge is 2.34. The number of hydrogen-bond acceptors (Lipinski definition) is 2. The van der Waals surface area contributed by atoms with Gasteiger partial charge in [-0.2, -0.15) is 0 Å². The molecule has 4 aromatic rings. The summed E-state index contributed by atoms with van der Waals surface area (Å²) in [6.07, 6.45) is 1.88. The van der Waals surface area contributed by atoms with E-state index in [2.05, 4.69) is 53.2 Å². The first-order valence-electron chi connectivity index (χ1n) is 10.5. The molecule has 0 spiro atoms. The van der Waals surface area contributed by atoms with E-state index in [0.717, 1.165) is 37.4 Å². The number of para-hydroxylation sites is 2. The van der Waals surface area contributed by atoms with Crippen LogP contribution < -0.4 is 9.80 Å². The van der Waals surface area contributed by atoms with E-state index in [0.29, 0.717) is 5.69 Å². The first-order chi connectivity index (χ1) is 14.7. The van der Waals surface area contributed by atoms with Crippen LogP contribution in [0, 0.1) is 12.7 Å². The molecular formula is C25H26FN4+. The molecule has 152 valence electrons. The molecule has 3 heterocycles.